The lowest BCUT2D eigenvalue weighted by Gasteiger charge is -2.00. The number of hydrogen-bond donors (Lipinski definition) is 1. The van der Waals surface area contributed by atoms with Gasteiger partial charge in [0.15, 0.2) is 15.3 Å². The number of sulfonamides is 1. The number of nitrogens with zero attached hydrogens (tertiary/aromatic N) is 2. The van der Waals surface area contributed by atoms with Crippen LogP contribution in [-0.4, -0.2) is 24.1 Å². The van der Waals surface area contributed by atoms with E-state index in [-0.39, 0.29) is 25.2 Å². The molecule has 2 aromatic heterocycles. The third kappa shape index (κ3) is 3.37. The zero-order chi connectivity index (χ0) is 15.8. The largest absolute Gasteiger partial charge is 0.300 e. The van der Waals surface area contributed by atoms with Crippen LogP contribution < -0.4 is 4.72 Å². The highest BCUT2D eigenvalue weighted by molar-refractivity contribution is 7.95. The summed E-state index contributed by atoms with van der Waals surface area (Å²) in [6.07, 6.45) is 0. The van der Waals surface area contributed by atoms with E-state index in [1.807, 2.05) is 0 Å². The van der Waals surface area contributed by atoms with Crippen molar-refractivity contribution >= 4 is 60.9 Å². The first-order chi connectivity index (χ1) is 9.70. The van der Waals surface area contributed by atoms with Crippen molar-refractivity contribution in [3.05, 3.63) is 31.6 Å². The molecular weight excluding hydrogens is 362 g/mol. The summed E-state index contributed by atoms with van der Waals surface area (Å²) in [6, 6.07) is 0.870. The molecule has 2 aromatic rings. The number of nitro groups is 1. The van der Waals surface area contributed by atoms with Crippen LogP contribution in [0.3, 0.4) is 0 Å². The van der Waals surface area contributed by atoms with Gasteiger partial charge in [0.05, 0.1) is 4.92 Å². The Hall–Kier alpha value is -1.56. The summed E-state index contributed by atoms with van der Waals surface area (Å²) in [4.78, 5) is 24.8. The van der Waals surface area contributed by atoms with Crippen molar-refractivity contribution in [3.8, 4) is 0 Å². The predicted molar refractivity (Wildman–Crippen MR) is 78.9 cm³/mol. The number of hydrogen-bond acceptors (Lipinski definition) is 8. The molecule has 0 fully saturated rings. The number of Topliss-reactive ketones (excluding diaryl/α,β-unsaturated/α-hetero) is 1. The van der Waals surface area contributed by atoms with E-state index in [2.05, 4.69) is 9.71 Å². The molecule has 0 aliphatic rings. The fourth-order valence-electron chi connectivity index (χ4n) is 1.24. The normalized spacial score (nSPS) is 11.3. The Morgan fingerprint density at radius 2 is 2.19 bits per heavy atom. The summed E-state index contributed by atoms with van der Waals surface area (Å²) >= 11 is 7.12. The second-order valence-electron chi connectivity index (χ2n) is 3.68. The van der Waals surface area contributed by atoms with Gasteiger partial charge >= 0.3 is 0 Å². The smallest absolute Gasteiger partial charge is 0.293 e. The van der Waals surface area contributed by atoms with Crippen molar-refractivity contribution in [2.45, 2.75) is 11.1 Å². The molecule has 0 unspecified atom stereocenters. The molecular formula is C9H6ClN3O5S3. The molecule has 1 N–H and O–H groups in total. The summed E-state index contributed by atoms with van der Waals surface area (Å²) in [6.45, 7) is 1.30. The minimum atomic E-state index is -4.04. The van der Waals surface area contributed by atoms with Crippen LogP contribution in [0.5, 0.6) is 0 Å². The lowest BCUT2D eigenvalue weighted by atomic mass is 10.4. The van der Waals surface area contributed by atoms with E-state index >= 15 is 0 Å². The Balaban J connectivity index is 2.31. The minimum absolute atomic E-state index is 0.00706. The Kier molecular flexibility index (Phi) is 4.27. The van der Waals surface area contributed by atoms with Crippen LogP contribution in [0, 0.1) is 10.1 Å². The molecule has 0 amide bonds. The first-order valence-corrected chi connectivity index (χ1v) is 8.69. The van der Waals surface area contributed by atoms with Gasteiger partial charge in [-0.05, 0) is 0 Å². The minimum Gasteiger partial charge on any atom is -0.293 e. The van der Waals surface area contributed by atoms with Crippen molar-refractivity contribution in [1.29, 1.82) is 0 Å². The van der Waals surface area contributed by atoms with Crippen LogP contribution in [0.4, 0.5) is 10.8 Å². The molecule has 0 saturated carbocycles. The summed E-state index contributed by atoms with van der Waals surface area (Å²) in [5.41, 5.74) is -0.349. The molecule has 0 spiro atoms. The maximum Gasteiger partial charge on any atom is 0.300 e. The number of thiazole rings is 1. The van der Waals surface area contributed by atoms with Gasteiger partial charge in [-0.25, -0.2) is 13.4 Å². The molecule has 0 atom stereocenters. The van der Waals surface area contributed by atoms with Gasteiger partial charge in [0.2, 0.25) is 0 Å². The highest BCUT2D eigenvalue weighted by Gasteiger charge is 2.26. The molecule has 0 saturated heterocycles. The number of aromatic nitrogens is 1. The first-order valence-electron chi connectivity index (χ1n) is 5.13. The van der Waals surface area contributed by atoms with E-state index in [4.69, 9.17) is 11.6 Å². The van der Waals surface area contributed by atoms with Crippen LogP contribution >= 0.6 is 34.3 Å². The zero-order valence-electron chi connectivity index (χ0n) is 10.2. The summed E-state index contributed by atoms with van der Waals surface area (Å²) < 4.78 is 25.7. The average molecular weight is 368 g/mol. The van der Waals surface area contributed by atoms with Crippen LogP contribution in [0.15, 0.2) is 15.7 Å². The van der Waals surface area contributed by atoms with Crippen molar-refractivity contribution in [1.82, 2.24) is 4.98 Å². The number of carbonyl (C=O) groups excluding carboxylic acids is 1. The molecule has 21 heavy (non-hydrogen) atoms. The van der Waals surface area contributed by atoms with Gasteiger partial charge in [-0.2, -0.15) is 0 Å². The van der Waals surface area contributed by atoms with E-state index in [9.17, 15) is 23.3 Å². The quantitative estimate of drug-likeness (QED) is 0.493. The maximum atomic E-state index is 12.1. The van der Waals surface area contributed by atoms with Crippen LogP contribution in [0.1, 0.15) is 17.4 Å². The molecule has 0 bridgehead atoms. The summed E-state index contributed by atoms with van der Waals surface area (Å²) in [5.74, 6) is -0.300. The van der Waals surface area contributed by atoms with Gasteiger partial charge in [0.1, 0.15) is 9.90 Å². The average Bonchev–Trinajstić information content (AvgIpc) is 2.95. The van der Waals surface area contributed by atoms with E-state index in [0.29, 0.717) is 11.3 Å². The molecule has 0 radical (unpaired) electrons. The number of ketones is 1. The molecule has 0 aromatic carbocycles. The van der Waals surface area contributed by atoms with Gasteiger partial charge in [0, 0.05) is 18.4 Å². The Morgan fingerprint density at radius 3 is 2.67 bits per heavy atom. The molecule has 2 heterocycles. The van der Waals surface area contributed by atoms with Gasteiger partial charge in [-0.3, -0.25) is 19.6 Å². The highest BCUT2D eigenvalue weighted by atomic mass is 35.5. The van der Waals surface area contributed by atoms with Crippen molar-refractivity contribution in [2.24, 2.45) is 0 Å². The molecule has 0 aliphatic carbocycles. The first kappa shape index (κ1) is 15.8. The van der Waals surface area contributed by atoms with Gasteiger partial charge in [0.25, 0.3) is 15.7 Å². The number of anilines is 1. The van der Waals surface area contributed by atoms with E-state index in [0.717, 1.165) is 17.4 Å². The number of thiophene rings is 1. The summed E-state index contributed by atoms with van der Waals surface area (Å²) in [5, 5.41) is 12.1. The standard InChI is InChI=1S/C9H6ClN3O5S3/c1-4(14)5-3-19-9(11-5)12-21(17,18)7-2-6(13(15)16)8(10)20-7/h2-3H,1H3,(H,11,12). The lowest BCUT2D eigenvalue weighted by molar-refractivity contribution is -0.384. The Morgan fingerprint density at radius 1 is 1.52 bits per heavy atom. The topological polar surface area (TPSA) is 119 Å². The third-order valence-corrected chi connectivity index (χ3v) is 6.23. The van der Waals surface area contributed by atoms with E-state index < -0.39 is 20.6 Å². The highest BCUT2D eigenvalue weighted by Crippen LogP contribution is 2.37. The van der Waals surface area contributed by atoms with E-state index in [1.54, 1.807) is 0 Å². The van der Waals surface area contributed by atoms with Gasteiger partial charge < -0.3 is 0 Å². The van der Waals surface area contributed by atoms with Gasteiger partial charge in [-0.1, -0.05) is 11.6 Å². The van der Waals surface area contributed by atoms with Crippen molar-refractivity contribution in [3.63, 3.8) is 0 Å². The van der Waals surface area contributed by atoms with Crippen LogP contribution in [-0.2, 0) is 10.0 Å². The second kappa shape index (κ2) is 5.67. The summed E-state index contributed by atoms with van der Waals surface area (Å²) in [7, 11) is -4.04. The molecule has 2 rings (SSSR count). The maximum absolute atomic E-state index is 12.1. The number of rotatable bonds is 5. The number of nitrogens with one attached hydrogen (secondary N) is 1. The molecule has 0 aliphatic heterocycles. The van der Waals surface area contributed by atoms with Crippen LogP contribution in [0.25, 0.3) is 0 Å². The molecule has 112 valence electrons. The number of halogens is 1. The van der Waals surface area contributed by atoms with Crippen molar-refractivity contribution in [2.75, 3.05) is 4.72 Å². The Bertz CT molecular complexity index is 826. The fraction of sp³-hybridized carbons (Fsp3) is 0.111. The van der Waals surface area contributed by atoms with Crippen molar-refractivity contribution < 1.29 is 18.1 Å². The monoisotopic (exact) mass is 367 g/mol. The van der Waals surface area contributed by atoms with Crippen LogP contribution in [0.2, 0.25) is 4.34 Å². The van der Waals surface area contributed by atoms with E-state index in [1.165, 1.54) is 12.3 Å². The Labute approximate surface area is 131 Å². The molecule has 12 heteroatoms. The fourth-order valence-corrected chi connectivity index (χ4v) is 4.91. The van der Waals surface area contributed by atoms with Gasteiger partial charge in [-0.15, -0.1) is 22.7 Å². The predicted octanol–water partition coefficient (Wildman–Crippen LogP) is 2.77. The number of carbonyl (C=O) groups is 1. The second-order valence-corrected chi connectivity index (χ2v) is 8.10. The zero-order valence-corrected chi connectivity index (χ0v) is 13.4. The SMILES string of the molecule is CC(=O)c1csc(NS(=O)(=O)c2cc([N+](=O)[O-])c(Cl)s2)n1. The third-order valence-electron chi connectivity index (χ3n) is 2.19. The lowest BCUT2D eigenvalue weighted by Crippen LogP contribution is -2.11. The molecule has 8 nitrogen and oxygen atoms in total.